The number of hydrogen-bond acceptors (Lipinski definition) is 4. The fourth-order valence-corrected chi connectivity index (χ4v) is 1.03. The number of ether oxygens (including phenoxy) is 2. The fourth-order valence-electron chi connectivity index (χ4n) is 1.03. The molecule has 0 fully saturated rings. The average Bonchev–Trinajstić information content (AvgIpc) is 1.98. The summed E-state index contributed by atoms with van der Waals surface area (Å²) in [6.07, 6.45) is -0.378. The van der Waals surface area contributed by atoms with Crippen LogP contribution in [-0.4, -0.2) is 30.3 Å². The smallest absolute Gasteiger partial charge is 0.407 e. The third-order valence-electron chi connectivity index (χ3n) is 1.54. The monoisotopic (exact) mass is 231 g/mol. The Kier molecular flexibility index (Phi) is 5.85. The lowest BCUT2D eigenvalue weighted by Gasteiger charge is -2.21. The van der Waals surface area contributed by atoms with Gasteiger partial charge in [-0.25, -0.2) is 4.79 Å². The van der Waals surface area contributed by atoms with Crippen molar-refractivity contribution in [1.82, 2.24) is 5.32 Å². The SMILES string of the molecule is CCOC(=O)C[C@@H](C)NC(=O)OC(C)(C)C. The van der Waals surface area contributed by atoms with Gasteiger partial charge in [-0.15, -0.1) is 0 Å². The van der Waals surface area contributed by atoms with Gasteiger partial charge < -0.3 is 14.8 Å². The molecule has 0 spiro atoms. The molecule has 5 nitrogen and oxygen atoms in total. The summed E-state index contributed by atoms with van der Waals surface area (Å²) in [5.74, 6) is -0.328. The first kappa shape index (κ1) is 14.7. The van der Waals surface area contributed by atoms with E-state index in [0.29, 0.717) is 6.61 Å². The van der Waals surface area contributed by atoms with Crippen molar-refractivity contribution in [3.05, 3.63) is 0 Å². The van der Waals surface area contributed by atoms with Crippen LogP contribution in [0.3, 0.4) is 0 Å². The third kappa shape index (κ3) is 8.08. The summed E-state index contributed by atoms with van der Waals surface area (Å²) in [5, 5.41) is 2.56. The van der Waals surface area contributed by atoms with E-state index in [2.05, 4.69) is 5.32 Å². The quantitative estimate of drug-likeness (QED) is 0.750. The number of amides is 1. The highest BCUT2D eigenvalue weighted by molar-refractivity contribution is 5.72. The van der Waals surface area contributed by atoms with Crippen LogP contribution in [0.4, 0.5) is 4.79 Å². The molecule has 1 atom stereocenters. The van der Waals surface area contributed by atoms with Crippen LogP contribution in [0, 0.1) is 0 Å². The first-order valence-electron chi connectivity index (χ1n) is 5.39. The second-order valence-corrected chi connectivity index (χ2v) is 4.56. The van der Waals surface area contributed by atoms with Crippen LogP contribution in [0.2, 0.25) is 0 Å². The van der Waals surface area contributed by atoms with Gasteiger partial charge in [-0.05, 0) is 34.6 Å². The highest BCUT2D eigenvalue weighted by atomic mass is 16.6. The number of hydrogen-bond donors (Lipinski definition) is 1. The molecule has 0 heterocycles. The molecule has 0 saturated heterocycles. The van der Waals surface area contributed by atoms with Crippen LogP contribution in [0.25, 0.3) is 0 Å². The van der Waals surface area contributed by atoms with E-state index in [0.717, 1.165) is 0 Å². The van der Waals surface area contributed by atoms with Gasteiger partial charge in [0.1, 0.15) is 5.60 Å². The molecule has 0 radical (unpaired) electrons. The van der Waals surface area contributed by atoms with Crippen LogP contribution < -0.4 is 5.32 Å². The molecule has 0 aliphatic carbocycles. The van der Waals surface area contributed by atoms with E-state index in [1.54, 1.807) is 34.6 Å². The number of carbonyl (C=O) groups excluding carboxylic acids is 2. The second-order valence-electron chi connectivity index (χ2n) is 4.56. The van der Waals surface area contributed by atoms with E-state index in [9.17, 15) is 9.59 Å². The minimum atomic E-state index is -0.534. The molecule has 94 valence electrons. The van der Waals surface area contributed by atoms with Crippen LogP contribution in [-0.2, 0) is 14.3 Å². The van der Waals surface area contributed by atoms with Gasteiger partial charge in [0.05, 0.1) is 13.0 Å². The molecule has 0 aliphatic heterocycles. The lowest BCUT2D eigenvalue weighted by molar-refractivity contribution is -0.143. The van der Waals surface area contributed by atoms with Gasteiger partial charge in [-0.3, -0.25) is 4.79 Å². The summed E-state index contributed by atoms with van der Waals surface area (Å²) in [4.78, 5) is 22.4. The minimum Gasteiger partial charge on any atom is -0.466 e. The number of carbonyl (C=O) groups is 2. The molecule has 1 amide bonds. The Labute approximate surface area is 96.5 Å². The Balaban J connectivity index is 3.91. The normalized spacial score (nSPS) is 12.8. The van der Waals surface area contributed by atoms with Gasteiger partial charge >= 0.3 is 12.1 Å². The predicted molar refractivity (Wildman–Crippen MR) is 60.1 cm³/mol. The number of alkyl carbamates (subject to hydrolysis) is 1. The Bertz CT molecular complexity index is 245. The summed E-state index contributed by atoms with van der Waals surface area (Å²) in [7, 11) is 0. The molecule has 0 aromatic carbocycles. The fraction of sp³-hybridized carbons (Fsp3) is 0.818. The molecule has 0 bridgehead atoms. The summed E-state index contributed by atoms with van der Waals surface area (Å²) in [5.41, 5.74) is -0.534. The van der Waals surface area contributed by atoms with Crippen LogP contribution in [0.1, 0.15) is 41.0 Å². The van der Waals surface area contributed by atoms with Crippen LogP contribution in [0.15, 0.2) is 0 Å². The van der Waals surface area contributed by atoms with Crippen molar-refractivity contribution in [2.45, 2.75) is 52.7 Å². The standard InChI is InChI=1S/C11H21NO4/c1-6-15-9(13)7-8(2)12-10(14)16-11(3,4)5/h8H,6-7H2,1-5H3,(H,12,14)/t8-/m1/s1. The highest BCUT2D eigenvalue weighted by Gasteiger charge is 2.18. The van der Waals surface area contributed by atoms with Crippen molar-refractivity contribution in [3.63, 3.8) is 0 Å². The van der Waals surface area contributed by atoms with E-state index < -0.39 is 11.7 Å². The zero-order chi connectivity index (χ0) is 12.8. The van der Waals surface area contributed by atoms with E-state index >= 15 is 0 Å². The van der Waals surface area contributed by atoms with Crippen LogP contribution >= 0.6 is 0 Å². The topological polar surface area (TPSA) is 64.6 Å². The van der Waals surface area contributed by atoms with Crippen molar-refractivity contribution in [2.24, 2.45) is 0 Å². The van der Waals surface area contributed by atoms with Crippen molar-refractivity contribution in [3.8, 4) is 0 Å². The minimum absolute atomic E-state index is 0.146. The average molecular weight is 231 g/mol. The predicted octanol–water partition coefficient (Wildman–Crippen LogP) is 1.85. The van der Waals surface area contributed by atoms with E-state index in [-0.39, 0.29) is 18.4 Å². The first-order valence-corrected chi connectivity index (χ1v) is 5.39. The van der Waals surface area contributed by atoms with Gasteiger partial charge in [0, 0.05) is 6.04 Å². The Hall–Kier alpha value is -1.26. The van der Waals surface area contributed by atoms with Gasteiger partial charge in [-0.2, -0.15) is 0 Å². The van der Waals surface area contributed by atoms with Gasteiger partial charge in [0.15, 0.2) is 0 Å². The van der Waals surface area contributed by atoms with Crippen molar-refractivity contribution in [1.29, 1.82) is 0 Å². The van der Waals surface area contributed by atoms with E-state index in [1.165, 1.54) is 0 Å². The zero-order valence-electron chi connectivity index (χ0n) is 10.6. The molecule has 1 N–H and O–H groups in total. The molecule has 5 heteroatoms. The number of rotatable bonds is 4. The molecule has 0 aromatic rings. The number of nitrogens with one attached hydrogen (secondary N) is 1. The first-order chi connectivity index (χ1) is 7.24. The molecule has 16 heavy (non-hydrogen) atoms. The Morgan fingerprint density at radius 1 is 1.31 bits per heavy atom. The maximum atomic E-state index is 11.3. The highest BCUT2D eigenvalue weighted by Crippen LogP contribution is 2.07. The lowest BCUT2D eigenvalue weighted by Crippen LogP contribution is -2.38. The van der Waals surface area contributed by atoms with Crippen molar-refractivity contribution >= 4 is 12.1 Å². The van der Waals surface area contributed by atoms with Crippen molar-refractivity contribution < 1.29 is 19.1 Å². The Morgan fingerprint density at radius 3 is 2.31 bits per heavy atom. The number of esters is 1. The maximum absolute atomic E-state index is 11.3. The van der Waals surface area contributed by atoms with Crippen LogP contribution in [0.5, 0.6) is 0 Å². The molecule has 0 rings (SSSR count). The van der Waals surface area contributed by atoms with E-state index in [4.69, 9.17) is 9.47 Å². The summed E-state index contributed by atoms with van der Waals surface area (Å²) in [6, 6.07) is -0.297. The molecule has 0 saturated carbocycles. The van der Waals surface area contributed by atoms with Crippen molar-refractivity contribution in [2.75, 3.05) is 6.61 Å². The molecule has 0 aromatic heterocycles. The van der Waals surface area contributed by atoms with Gasteiger partial charge in [-0.1, -0.05) is 0 Å². The van der Waals surface area contributed by atoms with Gasteiger partial charge in [0.2, 0.25) is 0 Å². The summed E-state index contributed by atoms with van der Waals surface area (Å²) in [6.45, 7) is 9.15. The molecule has 0 unspecified atom stereocenters. The lowest BCUT2D eigenvalue weighted by atomic mass is 10.2. The third-order valence-corrected chi connectivity index (χ3v) is 1.54. The largest absolute Gasteiger partial charge is 0.466 e. The molecular weight excluding hydrogens is 210 g/mol. The molecular formula is C11H21NO4. The molecule has 0 aliphatic rings. The van der Waals surface area contributed by atoms with E-state index in [1.807, 2.05) is 0 Å². The Morgan fingerprint density at radius 2 is 1.88 bits per heavy atom. The summed E-state index contributed by atoms with van der Waals surface area (Å²) >= 11 is 0. The van der Waals surface area contributed by atoms with Gasteiger partial charge in [0.25, 0.3) is 0 Å². The maximum Gasteiger partial charge on any atom is 0.407 e. The zero-order valence-corrected chi connectivity index (χ0v) is 10.6. The summed E-state index contributed by atoms with van der Waals surface area (Å²) < 4.78 is 9.81. The second kappa shape index (κ2) is 6.35.